The van der Waals surface area contributed by atoms with E-state index in [1.165, 1.54) is 56.4 Å². The lowest BCUT2D eigenvalue weighted by molar-refractivity contribution is 0.585. The van der Waals surface area contributed by atoms with Crippen molar-refractivity contribution < 1.29 is 4.57 Å². The lowest BCUT2D eigenvalue weighted by Gasteiger charge is -2.33. The molecule has 0 N–H and O–H groups in total. The molecule has 0 bridgehead atoms. The minimum absolute atomic E-state index is 0.00340. The van der Waals surface area contributed by atoms with Gasteiger partial charge in [0.25, 0.3) is 0 Å². The van der Waals surface area contributed by atoms with Crippen LogP contribution in [0.1, 0.15) is 79.0 Å². The second-order valence-corrected chi connectivity index (χ2v) is 21.7. The number of rotatable bonds is 0. The predicted octanol–water partition coefficient (Wildman–Crippen LogP) is 10.6. The molecule has 206 valence electrons. The maximum absolute atomic E-state index is 16.0. The molecular formula is C34H35OPS4. The molecular weight excluding hydrogens is 584 g/mol. The molecule has 0 amide bonds. The maximum atomic E-state index is 16.0. The second kappa shape index (κ2) is 8.54. The molecule has 0 spiro atoms. The van der Waals surface area contributed by atoms with Gasteiger partial charge in [0, 0.05) is 45.1 Å². The van der Waals surface area contributed by atoms with Crippen molar-refractivity contribution >= 4 is 88.1 Å². The summed E-state index contributed by atoms with van der Waals surface area (Å²) >= 11 is 7.22. The number of fused-ring (bicyclic) bond motifs is 8. The fourth-order valence-electron chi connectivity index (χ4n) is 5.67. The molecule has 6 heteroatoms. The molecule has 0 saturated carbocycles. The monoisotopic (exact) mass is 618 g/mol. The van der Waals surface area contributed by atoms with Gasteiger partial charge in [-0.1, -0.05) is 98.0 Å². The van der Waals surface area contributed by atoms with Crippen molar-refractivity contribution in [2.24, 2.45) is 0 Å². The lowest BCUT2D eigenvalue weighted by atomic mass is 9.87. The van der Waals surface area contributed by atoms with Crippen LogP contribution in [0, 0.1) is 0 Å². The zero-order valence-corrected chi connectivity index (χ0v) is 28.8. The van der Waals surface area contributed by atoms with E-state index < -0.39 is 7.14 Å². The highest BCUT2D eigenvalue weighted by Crippen LogP contribution is 2.64. The summed E-state index contributed by atoms with van der Waals surface area (Å²) in [5.74, 6) is 0. The van der Waals surface area contributed by atoms with E-state index in [1.807, 2.05) is 23.5 Å². The summed E-state index contributed by atoms with van der Waals surface area (Å²) in [6.07, 6.45) is 0. The molecule has 0 radical (unpaired) electrons. The van der Waals surface area contributed by atoms with Crippen molar-refractivity contribution in [3.63, 3.8) is 0 Å². The normalized spacial score (nSPS) is 16.2. The fraction of sp³-hybridized carbons (Fsp3) is 0.353. The fourth-order valence-corrected chi connectivity index (χ4v) is 17.1. The van der Waals surface area contributed by atoms with Crippen LogP contribution in [-0.2, 0) is 20.8 Å². The van der Waals surface area contributed by atoms with Gasteiger partial charge in [-0.15, -0.1) is 22.7 Å². The van der Waals surface area contributed by atoms with Crippen molar-refractivity contribution in [2.75, 3.05) is 0 Å². The van der Waals surface area contributed by atoms with E-state index >= 15 is 4.57 Å². The third-order valence-electron chi connectivity index (χ3n) is 8.20. The molecule has 4 heterocycles. The van der Waals surface area contributed by atoms with Crippen LogP contribution in [0.4, 0.5) is 0 Å². The van der Waals surface area contributed by atoms with Crippen molar-refractivity contribution in [2.45, 2.75) is 98.1 Å². The van der Waals surface area contributed by atoms with Crippen LogP contribution in [0.2, 0.25) is 0 Å². The molecule has 2 aliphatic rings. The SMILES string of the molecule is CC(C)(C)c1cc2c3c(c1)Sc1c(sc4ccc(C(C)(C)C)cc14)P3(=O)c1sc3ccc(C(C)(C)C)cc3c1S2. The Morgan fingerprint density at radius 2 is 0.950 bits per heavy atom. The van der Waals surface area contributed by atoms with Crippen LogP contribution >= 0.6 is 53.3 Å². The summed E-state index contributed by atoms with van der Waals surface area (Å²) in [6, 6.07) is 18.5. The smallest absolute Gasteiger partial charge is 0.194 e. The molecule has 0 saturated heterocycles. The highest BCUT2D eigenvalue weighted by molar-refractivity contribution is 8.08. The predicted molar refractivity (Wildman–Crippen MR) is 181 cm³/mol. The average molecular weight is 619 g/mol. The Morgan fingerprint density at radius 3 is 1.32 bits per heavy atom. The Kier molecular flexibility index (Phi) is 5.84. The Bertz CT molecular complexity index is 1810. The van der Waals surface area contributed by atoms with Crippen LogP contribution in [0.25, 0.3) is 20.2 Å². The summed E-state index contributed by atoms with van der Waals surface area (Å²) in [5, 5.41) is 3.61. The first-order valence-electron chi connectivity index (χ1n) is 13.9. The van der Waals surface area contributed by atoms with E-state index in [-0.39, 0.29) is 16.2 Å². The second-order valence-electron chi connectivity index (χ2n) is 14.3. The quantitative estimate of drug-likeness (QED) is 0.157. The molecule has 5 aromatic rings. The van der Waals surface area contributed by atoms with Gasteiger partial charge in [-0.3, -0.25) is 0 Å². The Labute approximate surface area is 254 Å². The summed E-state index contributed by atoms with van der Waals surface area (Å²) in [4.78, 5) is 4.80. The molecule has 2 aliphatic heterocycles. The zero-order chi connectivity index (χ0) is 28.6. The number of hydrogen-bond donors (Lipinski definition) is 0. The van der Waals surface area contributed by atoms with E-state index in [1.54, 1.807) is 22.7 Å². The van der Waals surface area contributed by atoms with E-state index in [0.717, 1.165) is 14.5 Å². The van der Waals surface area contributed by atoms with E-state index in [9.17, 15) is 0 Å². The molecule has 3 aromatic carbocycles. The molecule has 1 nitrogen and oxygen atoms in total. The summed E-state index contributed by atoms with van der Waals surface area (Å²) in [7, 11) is -3.05. The zero-order valence-electron chi connectivity index (χ0n) is 24.6. The Hall–Kier alpha value is -1.49. The topological polar surface area (TPSA) is 17.1 Å². The van der Waals surface area contributed by atoms with Crippen LogP contribution in [-0.4, -0.2) is 0 Å². The first-order chi connectivity index (χ1) is 18.6. The Balaban J connectivity index is 1.58. The molecule has 0 fully saturated rings. The third-order valence-corrected chi connectivity index (χ3v) is 18.1. The van der Waals surface area contributed by atoms with Crippen LogP contribution in [0.5, 0.6) is 0 Å². The molecule has 2 aromatic heterocycles. The standard InChI is InChI=1S/C34H35OPS4/c1-32(2,3)18-10-12-23-21(14-18)28-30(39-23)36(35)27-25(37-28)16-20(34(7,8)9)17-26(27)38-29-22-15-19(33(4,5)6)11-13-24(22)40-31(29)36/h10-17H,1-9H3. The minimum atomic E-state index is -3.05. The third kappa shape index (κ3) is 3.91. The molecule has 0 atom stereocenters. The van der Waals surface area contributed by atoms with Gasteiger partial charge in [0.05, 0.1) is 9.24 Å². The summed E-state index contributed by atoms with van der Waals surface area (Å²) in [6.45, 7) is 20.5. The van der Waals surface area contributed by atoms with Gasteiger partial charge in [-0.05, 0) is 69.3 Å². The first-order valence-corrected chi connectivity index (χ1v) is 18.8. The van der Waals surface area contributed by atoms with Crippen molar-refractivity contribution in [3.8, 4) is 0 Å². The van der Waals surface area contributed by atoms with Gasteiger partial charge in [-0.25, -0.2) is 0 Å². The summed E-state index contributed by atoms with van der Waals surface area (Å²) in [5.41, 5.74) is 4.08. The van der Waals surface area contributed by atoms with Gasteiger partial charge in [-0.2, -0.15) is 0 Å². The number of hydrogen-bond acceptors (Lipinski definition) is 5. The van der Waals surface area contributed by atoms with E-state index in [0.29, 0.717) is 0 Å². The highest BCUT2D eigenvalue weighted by atomic mass is 32.2. The number of benzene rings is 3. The molecule has 40 heavy (non-hydrogen) atoms. The van der Waals surface area contributed by atoms with Crippen LogP contribution < -0.4 is 14.5 Å². The maximum Gasteiger partial charge on any atom is 0.194 e. The highest BCUT2D eigenvalue weighted by Gasteiger charge is 2.48. The Morgan fingerprint density at radius 1 is 0.550 bits per heavy atom. The average Bonchev–Trinajstić information content (AvgIpc) is 3.41. The van der Waals surface area contributed by atoms with Gasteiger partial charge in [0.2, 0.25) is 0 Å². The molecule has 0 unspecified atom stereocenters. The van der Waals surface area contributed by atoms with Crippen LogP contribution in [0.15, 0.2) is 68.1 Å². The van der Waals surface area contributed by atoms with Crippen molar-refractivity contribution in [3.05, 3.63) is 65.2 Å². The first kappa shape index (κ1) is 27.3. The molecule has 0 aliphatic carbocycles. The van der Waals surface area contributed by atoms with Gasteiger partial charge in [0.1, 0.15) is 0 Å². The van der Waals surface area contributed by atoms with Crippen molar-refractivity contribution in [1.29, 1.82) is 0 Å². The van der Waals surface area contributed by atoms with Crippen molar-refractivity contribution in [1.82, 2.24) is 0 Å². The van der Waals surface area contributed by atoms with Gasteiger partial charge in [0.15, 0.2) is 7.14 Å². The summed E-state index contributed by atoms with van der Waals surface area (Å²) < 4.78 is 20.6. The minimum Gasteiger partial charge on any atom is -0.307 e. The largest absolute Gasteiger partial charge is 0.307 e. The van der Waals surface area contributed by atoms with Gasteiger partial charge < -0.3 is 4.57 Å². The lowest BCUT2D eigenvalue weighted by Crippen LogP contribution is -2.32. The van der Waals surface area contributed by atoms with Gasteiger partial charge >= 0.3 is 0 Å². The molecule has 7 rings (SSSR count). The van der Waals surface area contributed by atoms with Crippen LogP contribution in [0.3, 0.4) is 0 Å². The number of thiophene rings is 2. The van der Waals surface area contributed by atoms with E-state index in [2.05, 4.69) is 111 Å². The van der Waals surface area contributed by atoms with E-state index in [4.69, 9.17) is 0 Å².